The fourth-order valence-electron chi connectivity index (χ4n) is 13.1. The van der Waals surface area contributed by atoms with Crippen LogP contribution >= 0.6 is 0 Å². The van der Waals surface area contributed by atoms with Gasteiger partial charge in [-0.3, -0.25) is 24.0 Å². The summed E-state index contributed by atoms with van der Waals surface area (Å²) in [6, 6.07) is 87.7. The number of rotatable bonds is 19. The predicted molar refractivity (Wildman–Crippen MR) is 468 cm³/mol. The quantitative estimate of drug-likeness (QED) is 0.0249. The van der Waals surface area contributed by atoms with Crippen molar-refractivity contribution in [2.75, 3.05) is 62.9 Å². The summed E-state index contributed by atoms with van der Waals surface area (Å²) in [5.74, 6) is -2.40. The van der Waals surface area contributed by atoms with Crippen molar-refractivity contribution in [3.8, 4) is 28.7 Å². The fraction of sp³-hybridized carbons (Fsp3) is 0.0707. The smallest absolute Gasteiger partial charge is 0.343 e. The minimum absolute atomic E-state index is 0.227. The second-order valence-electron chi connectivity index (χ2n) is 26.7. The third-order valence-electron chi connectivity index (χ3n) is 18.8. The van der Waals surface area contributed by atoms with E-state index in [4.69, 9.17) is 33.9 Å². The average Bonchev–Trinajstić information content (AvgIpc) is 0.796. The lowest BCUT2D eigenvalue weighted by Crippen LogP contribution is -2.14. The molecule has 4 amide bonds. The third kappa shape index (κ3) is 22.7. The van der Waals surface area contributed by atoms with E-state index < -0.39 is 47.9 Å². The normalized spacial score (nSPS) is 10.4. The first-order valence-electron chi connectivity index (χ1n) is 37.8. The van der Waals surface area contributed by atoms with E-state index in [0.717, 1.165) is 55.3 Å². The molecule has 16 aromatic carbocycles. The van der Waals surface area contributed by atoms with Crippen molar-refractivity contribution >= 4 is 135 Å². The molecule has 0 aromatic heterocycles. The average molecular weight is 1660 g/mol. The summed E-state index contributed by atoms with van der Waals surface area (Å²) in [6.45, 7) is 1.31. The molecule has 0 aliphatic heterocycles. The van der Waals surface area contributed by atoms with Crippen LogP contribution in [0, 0.1) is 30.2 Å². The maximum absolute atomic E-state index is 13.3. The Morgan fingerprint density at radius 2 is 0.569 bits per heavy atom. The molecule has 0 fully saturated rings. The molecule has 0 saturated heterocycles. The lowest BCUT2D eigenvalue weighted by Gasteiger charge is -2.12. The Hall–Kier alpha value is -16.2. The van der Waals surface area contributed by atoms with E-state index >= 15 is 0 Å². The minimum atomic E-state index is -1.09. The van der Waals surface area contributed by atoms with Crippen molar-refractivity contribution in [3.63, 3.8) is 0 Å². The largest absolute Gasteiger partial charge is 0.496 e. The van der Waals surface area contributed by atoms with E-state index in [0.29, 0.717) is 106 Å². The Bertz CT molecular complexity index is 6610. The number of aliphatic carboxylic acids is 1. The number of methoxy groups -OCH3 is 4. The van der Waals surface area contributed by atoms with Crippen LogP contribution in [0.25, 0.3) is 64.6 Å². The van der Waals surface area contributed by atoms with Crippen LogP contribution in [0.1, 0.15) is 67.7 Å². The lowest BCUT2D eigenvalue weighted by molar-refractivity contribution is -0.143. The zero-order chi connectivity index (χ0) is 87.5. The van der Waals surface area contributed by atoms with Crippen molar-refractivity contribution in [2.24, 2.45) is 0 Å². The number of aldehydes is 1. The monoisotopic (exact) mass is 1650 g/mol. The number of carbonyl (C=O) groups excluding carboxylic acids is 6. The molecule has 123 heavy (non-hydrogen) atoms. The number of hydrogen-bond donors (Lipinski definition) is 6. The Kier molecular flexibility index (Phi) is 30.1. The maximum atomic E-state index is 13.3. The summed E-state index contributed by atoms with van der Waals surface area (Å²) >= 11 is 0. The van der Waals surface area contributed by atoms with Crippen LogP contribution in [0.3, 0.4) is 0 Å². The Balaban J connectivity index is 0.000000146. The van der Waals surface area contributed by atoms with Crippen LogP contribution in [0.2, 0.25) is 0 Å². The van der Waals surface area contributed by atoms with Crippen LogP contribution in [-0.2, 0) is 14.3 Å². The van der Waals surface area contributed by atoms with Gasteiger partial charge in [0, 0.05) is 77.5 Å². The van der Waals surface area contributed by atoms with Crippen LogP contribution in [0.15, 0.2) is 315 Å². The molecule has 20 nitrogen and oxygen atoms in total. The summed E-state index contributed by atoms with van der Waals surface area (Å²) < 4.78 is 84.0. The standard InChI is InChI=1S/C20H16FNO4.C19H14FNO4.C18H14FNO2.C18H14FNO.C12H10O3.C12H10O2/c1-25-19(23)12-26-18-10-9-17(15-7-2-3-8-16(15)18)20(24)22-14-6-4-5-13(21)11-14;20-12-4-3-5-13(10-12)21-19(24)16-8-9-17(25-11-18(22)23)15-7-2-1-6-14(15)16;1-22-17-10-9-16(14-7-2-3-8-15(14)17)18(21)20-13-6-4-5-12(19)11-13;1-12-9-10-17(16-8-3-2-7-15(12)16)18(21)20-14-6-4-5-13(19)11-14;1-15-11-7-6-10(12(13)14)8-4-2-3-5-9(8)11;1-14-12-7-6-9(8-13)10-4-2-3-5-11(10)12/h2-11H,12H2,1H3,(H,22,24);1-10H,11H2,(H,21,24)(H,22,23);2-11H,1H3,(H,20,21);2-11H,1H3,(H,20,21);2-7H,1H3,(H,13,14);2-8H,1H3. The van der Waals surface area contributed by atoms with Crippen LogP contribution < -0.4 is 45.0 Å². The molecule has 24 heteroatoms. The highest BCUT2D eigenvalue weighted by atomic mass is 19.1. The van der Waals surface area contributed by atoms with Gasteiger partial charge in [-0.05, 0) is 190 Å². The second-order valence-corrected chi connectivity index (χ2v) is 26.7. The first kappa shape index (κ1) is 87.6. The first-order valence-corrected chi connectivity index (χ1v) is 37.8. The number of carbonyl (C=O) groups is 8. The van der Waals surface area contributed by atoms with E-state index in [1.54, 1.807) is 167 Å². The van der Waals surface area contributed by atoms with Crippen molar-refractivity contribution in [1.82, 2.24) is 0 Å². The Labute approximate surface area is 702 Å². The van der Waals surface area contributed by atoms with Crippen LogP contribution in [0.5, 0.6) is 28.7 Å². The highest BCUT2D eigenvalue weighted by Gasteiger charge is 2.20. The van der Waals surface area contributed by atoms with Gasteiger partial charge >= 0.3 is 17.9 Å². The van der Waals surface area contributed by atoms with Gasteiger partial charge in [-0.2, -0.15) is 0 Å². The van der Waals surface area contributed by atoms with Crippen molar-refractivity contribution in [3.05, 3.63) is 378 Å². The molecular formula is C99H78F4N4O16. The summed E-state index contributed by atoms with van der Waals surface area (Å²) in [5, 5.41) is 38.1. The zero-order valence-electron chi connectivity index (χ0n) is 66.6. The van der Waals surface area contributed by atoms with E-state index in [1.807, 2.05) is 116 Å². The lowest BCUT2D eigenvalue weighted by atomic mass is 10.00. The number of hydrogen-bond acceptors (Lipinski definition) is 14. The molecule has 0 radical (unpaired) electrons. The third-order valence-corrected chi connectivity index (χ3v) is 18.8. The molecule has 618 valence electrons. The predicted octanol–water partition coefficient (Wildman–Crippen LogP) is 21.5. The molecule has 16 rings (SSSR count). The molecular weight excluding hydrogens is 1580 g/mol. The van der Waals surface area contributed by atoms with Gasteiger partial charge in [-0.1, -0.05) is 176 Å². The number of carboxylic acids is 2. The summed E-state index contributed by atoms with van der Waals surface area (Å²) in [6.07, 6.45) is 0.863. The highest BCUT2D eigenvalue weighted by molar-refractivity contribution is 6.17. The molecule has 0 aliphatic carbocycles. The molecule has 0 unspecified atom stereocenters. The van der Waals surface area contributed by atoms with E-state index in [1.165, 1.54) is 67.8 Å². The van der Waals surface area contributed by atoms with Gasteiger partial charge in [-0.25, -0.2) is 31.9 Å². The fourth-order valence-corrected chi connectivity index (χ4v) is 13.1. The Morgan fingerprint density at radius 3 is 0.886 bits per heavy atom. The number of amides is 4. The molecule has 0 atom stereocenters. The van der Waals surface area contributed by atoms with Gasteiger partial charge in [0.15, 0.2) is 19.5 Å². The summed E-state index contributed by atoms with van der Waals surface area (Å²) in [4.78, 5) is 93.8. The van der Waals surface area contributed by atoms with Crippen molar-refractivity contribution in [1.29, 1.82) is 0 Å². The second kappa shape index (κ2) is 42.2. The number of aromatic carboxylic acids is 1. The van der Waals surface area contributed by atoms with Gasteiger partial charge in [0.2, 0.25) is 0 Å². The molecule has 0 heterocycles. The Morgan fingerprint density at radius 1 is 0.301 bits per heavy atom. The number of aryl methyl sites for hydroxylation is 1. The number of anilines is 4. The number of benzene rings is 16. The first-order chi connectivity index (χ1) is 59.6. The van der Waals surface area contributed by atoms with Crippen molar-refractivity contribution in [2.45, 2.75) is 6.92 Å². The van der Waals surface area contributed by atoms with E-state index in [2.05, 4.69) is 26.0 Å². The minimum Gasteiger partial charge on any atom is -0.496 e. The summed E-state index contributed by atoms with van der Waals surface area (Å²) in [5.41, 5.74) is 5.58. The topological polar surface area (TPSA) is 281 Å². The van der Waals surface area contributed by atoms with Gasteiger partial charge in [0.05, 0.1) is 34.0 Å². The van der Waals surface area contributed by atoms with E-state index in [-0.39, 0.29) is 30.1 Å². The van der Waals surface area contributed by atoms with Crippen LogP contribution in [-0.4, -0.2) is 99.7 Å². The number of esters is 1. The molecule has 0 spiro atoms. The van der Waals surface area contributed by atoms with Gasteiger partial charge in [-0.15, -0.1) is 0 Å². The molecule has 16 aromatic rings. The van der Waals surface area contributed by atoms with Gasteiger partial charge in [0.1, 0.15) is 52.0 Å². The number of nitrogens with one attached hydrogen (secondary N) is 4. The zero-order valence-corrected chi connectivity index (χ0v) is 66.6. The molecule has 0 saturated carbocycles. The SMILES string of the molecule is COC(=O)COc1ccc(C(=O)Nc2cccc(F)c2)c2ccccc12.COc1ccc(C(=O)Nc2cccc(F)c2)c2ccccc12.COc1ccc(C(=O)O)c2ccccc12.COc1ccc(C=O)c2ccccc12.Cc1ccc(C(=O)Nc2cccc(F)c2)c2ccccc12.O=C(O)COc1ccc(C(=O)Nc2cccc(F)c2)c2ccccc12. The maximum Gasteiger partial charge on any atom is 0.343 e. The number of fused-ring (bicyclic) bond motifs is 6. The number of ether oxygens (including phenoxy) is 6. The summed E-state index contributed by atoms with van der Waals surface area (Å²) in [7, 11) is 6.07. The van der Waals surface area contributed by atoms with Crippen molar-refractivity contribution < 1.29 is 94.6 Å². The highest BCUT2D eigenvalue weighted by Crippen LogP contribution is 2.35. The molecule has 0 aliphatic rings. The van der Waals surface area contributed by atoms with E-state index in [9.17, 15) is 55.9 Å². The number of halogens is 4. The van der Waals surface area contributed by atoms with Gasteiger partial charge in [0.25, 0.3) is 23.6 Å². The van der Waals surface area contributed by atoms with Crippen LogP contribution in [0.4, 0.5) is 40.3 Å². The molecule has 6 N–H and O–H groups in total. The molecule has 0 bridgehead atoms. The van der Waals surface area contributed by atoms with Gasteiger partial charge < -0.3 is 59.9 Å². The number of carboxylic acid groups (broad SMARTS) is 2.